The number of hydrogen-bond donors (Lipinski definition) is 1. The normalized spacial score (nSPS) is 16.0. The molecule has 0 unspecified atom stereocenters. The Morgan fingerprint density at radius 3 is 2.70 bits per heavy atom. The zero-order valence-corrected chi connectivity index (χ0v) is 14.3. The third-order valence-electron chi connectivity index (χ3n) is 4.29. The van der Waals surface area contributed by atoms with E-state index >= 15 is 0 Å². The van der Waals surface area contributed by atoms with Crippen LogP contribution in [0.25, 0.3) is 10.9 Å². The Labute approximate surface area is 136 Å². The Morgan fingerprint density at radius 2 is 2.00 bits per heavy atom. The first kappa shape index (κ1) is 16.1. The summed E-state index contributed by atoms with van der Waals surface area (Å²) >= 11 is 0. The molecule has 2 heterocycles. The Hall–Kier alpha value is -1.82. The fourth-order valence-electron chi connectivity index (χ4n) is 3.02. The summed E-state index contributed by atoms with van der Waals surface area (Å²) in [5.74, 6) is 0.309. The summed E-state index contributed by atoms with van der Waals surface area (Å²) in [6.07, 6.45) is 2.16. The molecular weight excluding hydrogens is 312 g/mol. The van der Waals surface area contributed by atoms with Gasteiger partial charge in [-0.05, 0) is 17.5 Å². The van der Waals surface area contributed by atoms with Gasteiger partial charge < -0.3 is 9.88 Å². The van der Waals surface area contributed by atoms with Crippen molar-refractivity contribution in [1.29, 1.82) is 0 Å². The summed E-state index contributed by atoms with van der Waals surface area (Å²) in [5, 5.41) is 0.655. The van der Waals surface area contributed by atoms with E-state index in [9.17, 15) is 13.2 Å². The highest BCUT2D eigenvalue weighted by Gasteiger charge is 2.39. The number of aromatic amines is 1. The quantitative estimate of drug-likeness (QED) is 0.909. The van der Waals surface area contributed by atoms with Crippen molar-refractivity contribution < 1.29 is 13.2 Å². The Kier molecular flexibility index (Phi) is 4.19. The number of H-pyrrole nitrogens is 1. The molecule has 2 aromatic rings. The molecule has 1 N–H and O–H groups in total. The highest BCUT2D eigenvalue weighted by atomic mass is 32.2. The first-order valence-electron chi connectivity index (χ1n) is 7.91. The maximum atomic E-state index is 12.3. The number of carbonyl (C=O) groups excluding carboxylic acids is 1. The molecule has 0 atom stereocenters. The molecule has 1 aliphatic heterocycles. The third kappa shape index (κ3) is 3.27. The number of nitrogens with zero attached hydrogens (tertiary/aromatic N) is 1. The lowest BCUT2D eigenvalue weighted by atomic mass is 10.1. The standard InChI is InChI=1S/C17H22N2O3S/c1-12(2)11-23(21,22)14-9-19(10-14)17(20)7-13-8-18-16-6-4-3-5-15(13)16/h3-6,8,12,14,18H,7,9-11H2,1-2H3. The lowest BCUT2D eigenvalue weighted by molar-refractivity contribution is -0.133. The van der Waals surface area contributed by atoms with Crippen LogP contribution in [-0.2, 0) is 21.1 Å². The number of benzene rings is 1. The van der Waals surface area contributed by atoms with E-state index in [-0.39, 0.29) is 17.6 Å². The number of nitrogens with one attached hydrogen (secondary N) is 1. The minimum atomic E-state index is -3.09. The number of amides is 1. The molecule has 6 heteroatoms. The minimum absolute atomic E-state index is 0.00856. The molecule has 0 spiro atoms. The summed E-state index contributed by atoms with van der Waals surface area (Å²) in [6.45, 7) is 4.46. The van der Waals surface area contributed by atoms with Gasteiger partial charge in [-0.15, -0.1) is 0 Å². The second kappa shape index (κ2) is 6.00. The highest BCUT2D eigenvalue weighted by molar-refractivity contribution is 7.92. The monoisotopic (exact) mass is 334 g/mol. The molecule has 5 nitrogen and oxygen atoms in total. The van der Waals surface area contributed by atoms with Crippen LogP contribution in [0.2, 0.25) is 0 Å². The van der Waals surface area contributed by atoms with Crippen molar-refractivity contribution in [2.24, 2.45) is 5.92 Å². The Bertz CT molecular complexity index is 817. The van der Waals surface area contributed by atoms with Crippen LogP contribution in [0.3, 0.4) is 0 Å². The van der Waals surface area contributed by atoms with Gasteiger partial charge in [0.05, 0.1) is 17.4 Å². The number of sulfone groups is 1. The molecule has 23 heavy (non-hydrogen) atoms. The van der Waals surface area contributed by atoms with Gasteiger partial charge >= 0.3 is 0 Å². The van der Waals surface area contributed by atoms with E-state index < -0.39 is 15.1 Å². The zero-order chi connectivity index (χ0) is 16.6. The smallest absolute Gasteiger partial charge is 0.227 e. The van der Waals surface area contributed by atoms with Gasteiger partial charge in [-0.2, -0.15) is 0 Å². The van der Waals surface area contributed by atoms with Gasteiger partial charge in [0.25, 0.3) is 0 Å². The van der Waals surface area contributed by atoms with Gasteiger partial charge in [0.1, 0.15) is 0 Å². The van der Waals surface area contributed by atoms with Crippen LogP contribution in [0.1, 0.15) is 19.4 Å². The van der Waals surface area contributed by atoms with E-state index in [1.54, 1.807) is 4.90 Å². The Morgan fingerprint density at radius 1 is 1.30 bits per heavy atom. The van der Waals surface area contributed by atoms with Crippen molar-refractivity contribution in [2.45, 2.75) is 25.5 Å². The van der Waals surface area contributed by atoms with Crippen LogP contribution in [0.4, 0.5) is 0 Å². The molecule has 1 amide bonds. The largest absolute Gasteiger partial charge is 0.361 e. The van der Waals surface area contributed by atoms with E-state index in [0.29, 0.717) is 19.5 Å². The number of hydrogen-bond acceptors (Lipinski definition) is 3. The second-order valence-electron chi connectivity index (χ2n) is 6.68. The summed E-state index contributed by atoms with van der Waals surface area (Å²) in [7, 11) is -3.09. The van der Waals surface area contributed by atoms with Crippen LogP contribution < -0.4 is 0 Å². The Balaban J connectivity index is 1.61. The minimum Gasteiger partial charge on any atom is -0.361 e. The average Bonchev–Trinajstić information content (AvgIpc) is 2.78. The van der Waals surface area contributed by atoms with Gasteiger partial charge in [0.2, 0.25) is 5.91 Å². The van der Waals surface area contributed by atoms with E-state index in [4.69, 9.17) is 0 Å². The van der Waals surface area contributed by atoms with Crippen LogP contribution in [-0.4, -0.2) is 48.3 Å². The summed E-state index contributed by atoms with van der Waals surface area (Å²) in [5.41, 5.74) is 1.97. The van der Waals surface area contributed by atoms with Crippen LogP contribution >= 0.6 is 0 Å². The third-order valence-corrected chi connectivity index (χ3v) is 6.74. The second-order valence-corrected chi connectivity index (χ2v) is 9.01. The SMILES string of the molecule is CC(C)CS(=O)(=O)C1CN(C(=O)Cc2c[nH]c3ccccc23)C1. The molecule has 1 aliphatic rings. The number of fused-ring (bicyclic) bond motifs is 1. The maximum Gasteiger partial charge on any atom is 0.227 e. The number of carbonyl (C=O) groups is 1. The molecule has 1 aromatic carbocycles. The van der Waals surface area contributed by atoms with Gasteiger partial charge in [-0.1, -0.05) is 32.0 Å². The lowest BCUT2D eigenvalue weighted by Gasteiger charge is -2.39. The fraction of sp³-hybridized carbons (Fsp3) is 0.471. The average molecular weight is 334 g/mol. The fourth-order valence-corrected chi connectivity index (χ4v) is 5.04. The summed E-state index contributed by atoms with van der Waals surface area (Å²) in [6, 6.07) is 7.86. The topological polar surface area (TPSA) is 70.2 Å². The molecule has 1 saturated heterocycles. The molecule has 0 radical (unpaired) electrons. The van der Waals surface area contributed by atoms with Crippen molar-refractivity contribution in [2.75, 3.05) is 18.8 Å². The van der Waals surface area contributed by atoms with Gasteiger partial charge in [-0.25, -0.2) is 8.42 Å². The van der Waals surface area contributed by atoms with Crippen LogP contribution in [0.5, 0.6) is 0 Å². The molecule has 1 aromatic heterocycles. The molecule has 3 rings (SSSR count). The number of likely N-dealkylation sites (tertiary alicyclic amines) is 1. The first-order chi connectivity index (χ1) is 10.9. The first-order valence-corrected chi connectivity index (χ1v) is 9.62. The van der Waals surface area contributed by atoms with E-state index in [2.05, 4.69) is 4.98 Å². The highest BCUT2D eigenvalue weighted by Crippen LogP contribution is 2.22. The number of rotatable bonds is 5. The zero-order valence-electron chi connectivity index (χ0n) is 13.5. The molecule has 0 aliphatic carbocycles. The van der Waals surface area contributed by atoms with Gasteiger partial charge in [0.15, 0.2) is 9.84 Å². The molecule has 124 valence electrons. The summed E-state index contributed by atoms with van der Waals surface area (Å²) in [4.78, 5) is 17.1. The summed E-state index contributed by atoms with van der Waals surface area (Å²) < 4.78 is 24.3. The lowest BCUT2D eigenvalue weighted by Crippen LogP contribution is -2.57. The molecule has 1 fully saturated rings. The van der Waals surface area contributed by atoms with Crippen LogP contribution in [0, 0.1) is 5.92 Å². The van der Waals surface area contributed by atoms with Gasteiger partial charge in [0, 0.05) is 30.2 Å². The molecular formula is C17H22N2O3S. The van der Waals surface area contributed by atoms with Crippen molar-refractivity contribution in [3.63, 3.8) is 0 Å². The van der Waals surface area contributed by atoms with Crippen LogP contribution in [0.15, 0.2) is 30.5 Å². The van der Waals surface area contributed by atoms with Crippen molar-refractivity contribution in [3.8, 4) is 0 Å². The van der Waals surface area contributed by atoms with E-state index in [1.165, 1.54) is 0 Å². The van der Waals surface area contributed by atoms with Crippen molar-refractivity contribution in [3.05, 3.63) is 36.0 Å². The number of aromatic nitrogens is 1. The number of para-hydroxylation sites is 1. The molecule has 0 saturated carbocycles. The predicted octanol–water partition coefficient (Wildman–Crippen LogP) is 1.99. The molecule has 0 bridgehead atoms. The van der Waals surface area contributed by atoms with E-state index in [0.717, 1.165) is 16.5 Å². The van der Waals surface area contributed by atoms with Gasteiger partial charge in [-0.3, -0.25) is 4.79 Å². The van der Waals surface area contributed by atoms with E-state index in [1.807, 2.05) is 44.3 Å². The van der Waals surface area contributed by atoms with Crippen molar-refractivity contribution in [1.82, 2.24) is 9.88 Å². The van der Waals surface area contributed by atoms with Crippen molar-refractivity contribution >= 4 is 26.6 Å². The predicted molar refractivity (Wildman–Crippen MR) is 91.0 cm³/mol. The maximum absolute atomic E-state index is 12.3.